The zero-order chi connectivity index (χ0) is 13.2. The maximum absolute atomic E-state index is 5.87. The first-order valence-corrected chi connectivity index (χ1v) is 6.43. The number of nitrogens with zero attached hydrogens (tertiary/aromatic N) is 1. The van der Waals surface area contributed by atoms with E-state index in [9.17, 15) is 0 Å². The summed E-state index contributed by atoms with van der Waals surface area (Å²) >= 11 is 5.86. The summed E-state index contributed by atoms with van der Waals surface area (Å²) in [5.74, 6) is 0.846. The fourth-order valence-corrected chi connectivity index (χ4v) is 2.25. The van der Waals surface area contributed by atoms with Gasteiger partial charge in [0.25, 0.3) is 0 Å². The van der Waals surface area contributed by atoms with E-state index in [0.29, 0.717) is 5.02 Å². The molecule has 0 aliphatic heterocycles. The highest BCUT2D eigenvalue weighted by atomic mass is 35.5. The average Bonchev–Trinajstić information content (AvgIpc) is 2.85. The molecular weight excluding hydrogens is 260 g/mol. The van der Waals surface area contributed by atoms with Crippen LogP contribution < -0.4 is 5.32 Å². The predicted molar refractivity (Wildman–Crippen MR) is 76.4 cm³/mol. The molecule has 1 unspecified atom stereocenters. The summed E-state index contributed by atoms with van der Waals surface area (Å²) in [4.78, 5) is 4.34. The van der Waals surface area contributed by atoms with Gasteiger partial charge < -0.3 is 9.73 Å². The van der Waals surface area contributed by atoms with Crippen LogP contribution in [0.1, 0.15) is 17.5 Å². The number of benzene rings is 1. The maximum Gasteiger partial charge on any atom is 0.134 e. The van der Waals surface area contributed by atoms with Crippen LogP contribution >= 0.6 is 11.6 Å². The van der Waals surface area contributed by atoms with Crippen LogP contribution in [0.4, 0.5) is 0 Å². The largest absolute Gasteiger partial charge is 0.459 e. The molecule has 19 heavy (non-hydrogen) atoms. The Balaban J connectivity index is 2.04. The van der Waals surface area contributed by atoms with Crippen LogP contribution in [0.25, 0.3) is 11.0 Å². The van der Waals surface area contributed by atoms with Crippen molar-refractivity contribution in [3.63, 3.8) is 0 Å². The molecule has 1 N–H and O–H groups in total. The van der Waals surface area contributed by atoms with Gasteiger partial charge in [0.15, 0.2) is 0 Å². The van der Waals surface area contributed by atoms with E-state index in [-0.39, 0.29) is 6.04 Å². The Hall–Kier alpha value is -1.84. The van der Waals surface area contributed by atoms with Crippen LogP contribution in [0.5, 0.6) is 0 Å². The number of hydrogen-bond acceptors (Lipinski definition) is 3. The zero-order valence-electron chi connectivity index (χ0n) is 10.4. The van der Waals surface area contributed by atoms with Crippen LogP contribution in [-0.2, 0) is 0 Å². The second kappa shape index (κ2) is 5.03. The molecule has 4 heteroatoms. The molecule has 96 valence electrons. The molecule has 0 saturated carbocycles. The third-order valence-electron chi connectivity index (χ3n) is 3.06. The number of nitrogens with one attached hydrogen (secondary N) is 1. The highest BCUT2D eigenvalue weighted by Crippen LogP contribution is 2.27. The minimum Gasteiger partial charge on any atom is -0.459 e. The first-order chi connectivity index (χ1) is 9.28. The number of hydrogen-bond donors (Lipinski definition) is 1. The van der Waals surface area contributed by atoms with Gasteiger partial charge in [-0.05, 0) is 31.3 Å². The summed E-state index contributed by atoms with van der Waals surface area (Å²) in [7, 11) is 1.88. The summed E-state index contributed by atoms with van der Waals surface area (Å²) in [6.07, 6.45) is 1.64. The fourth-order valence-electron chi connectivity index (χ4n) is 2.14. The van der Waals surface area contributed by atoms with Crippen LogP contribution in [0.2, 0.25) is 5.02 Å². The standard InChI is InChI=1S/C15H13ClN2O/c1-17-15(12-7-6-11(16)9-18-12)14-8-10-4-2-3-5-13(10)19-14/h2-9,15,17H,1H3. The van der Waals surface area contributed by atoms with Gasteiger partial charge >= 0.3 is 0 Å². The molecule has 0 amide bonds. The van der Waals surface area contributed by atoms with E-state index in [1.807, 2.05) is 49.5 Å². The number of para-hydroxylation sites is 1. The molecule has 0 spiro atoms. The third kappa shape index (κ3) is 2.35. The molecular formula is C15H13ClN2O. The van der Waals surface area contributed by atoms with Crippen molar-refractivity contribution < 1.29 is 4.42 Å². The van der Waals surface area contributed by atoms with Crippen molar-refractivity contribution in [3.05, 3.63) is 65.1 Å². The highest BCUT2D eigenvalue weighted by molar-refractivity contribution is 6.30. The van der Waals surface area contributed by atoms with Crippen LogP contribution in [-0.4, -0.2) is 12.0 Å². The molecule has 3 aromatic rings. The molecule has 2 aromatic heterocycles. The summed E-state index contributed by atoms with van der Waals surface area (Å²) in [5.41, 5.74) is 1.76. The zero-order valence-corrected chi connectivity index (χ0v) is 11.2. The van der Waals surface area contributed by atoms with Crippen molar-refractivity contribution in [1.82, 2.24) is 10.3 Å². The fraction of sp³-hybridized carbons (Fsp3) is 0.133. The molecule has 1 atom stereocenters. The van der Waals surface area contributed by atoms with Crippen molar-refractivity contribution in [3.8, 4) is 0 Å². The number of fused-ring (bicyclic) bond motifs is 1. The number of aromatic nitrogens is 1. The van der Waals surface area contributed by atoms with E-state index in [4.69, 9.17) is 16.0 Å². The molecule has 0 aliphatic rings. The lowest BCUT2D eigenvalue weighted by Gasteiger charge is -2.12. The van der Waals surface area contributed by atoms with Gasteiger partial charge in [-0.2, -0.15) is 0 Å². The number of rotatable bonds is 3. The van der Waals surface area contributed by atoms with Crippen molar-refractivity contribution >= 4 is 22.6 Å². The Morgan fingerprint density at radius 2 is 2.05 bits per heavy atom. The van der Waals surface area contributed by atoms with Gasteiger partial charge in [-0.3, -0.25) is 4.98 Å². The summed E-state index contributed by atoms with van der Waals surface area (Å²) < 4.78 is 5.87. The number of halogens is 1. The summed E-state index contributed by atoms with van der Waals surface area (Å²) in [6.45, 7) is 0. The van der Waals surface area contributed by atoms with Gasteiger partial charge in [0.2, 0.25) is 0 Å². The van der Waals surface area contributed by atoms with Gasteiger partial charge in [0.1, 0.15) is 17.4 Å². The number of furan rings is 1. The third-order valence-corrected chi connectivity index (χ3v) is 3.29. The van der Waals surface area contributed by atoms with Gasteiger partial charge in [-0.1, -0.05) is 29.8 Å². The minimum atomic E-state index is -0.0790. The van der Waals surface area contributed by atoms with E-state index >= 15 is 0 Å². The van der Waals surface area contributed by atoms with E-state index in [1.54, 1.807) is 6.20 Å². The van der Waals surface area contributed by atoms with E-state index in [2.05, 4.69) is 10.3 Å². The van der Waals surface area contributed by atoms with Crippen LogP contribution in [0.15, 0.2) is 53.1 Å². The van der Waals surface area contributed by atoms with Gasteiger partial charge in [0.05, 0.1) is 10.7 Å². The highest BCUT2D eigenvalue weighted by Gasteiger charge is 2.17. The molecule has 0 aliphatic carbocycles. The maximum atomic E-state index is 5.87. The van der Waals surface area contributed by atoms with E-state index < -0.39 is 0 Å². The first-order valence-electron chi connectivity index (χ1n) is 6.05. The van der Waals surface area contributed by atoms with Crippen molar-refractivity contribution in [2.45, 2.75) is 6.04 Å². The van der Waals surface area contributed by atoms with Crippen molar-refractivity contribution in [2.24, 2.45) is 0 Å². The van der Waals surface area contributed by atoms with Crippen molar-refractivity contribution in [1.29, 1.82) is 0 Å². The quantitative estimate of drug-likeness (QED) is 0.788. The van der Waals surface area contributed by atoms with E-state index in [0.717, 1.165) is 22.4 Å². The number of pyridine rings is 1. The molecule has 3 rings (SSSR count). The molecule has 0 saturated heterocycles. The topological polar surface area (TPSA) is 38.1 Å². The minimum absolute atomic E-state index is 0.0790. The second-order valence-electron chi connectivity index (χ2n) is 4.31. The lowest BCUT2D eigenvalue weighted by Crippen LogP contribution is -2.18. The monoisotopic (exact) mass is 272 g/mol. The molecule has 3 nitrogen and oxygen atoms in total. The summed E-state index contributed by atoms with van der Waals surface area (Å²) in [5, 5.41) is 4.93. The SMILES string of the molecule is CNC(c1ccc(Cl)cn1)c1cc2ccccc2o1. The van der Waals surface area contributed by atoms with Gasteiger partial charge in [-0.25, -0.2) is 0 Å². The molecule has 0 bridgehead atoms. The van der Waals surface area contributed by atoms with Crippen molar-refractivity contribution in [2.75, 3.05) is 7.05 Å². The summed E-state index contributed by atoms with van der Waals surface area (Å²) in [6, 6.07) is 13.6. The molecule has 0 radical (unpaired) electrons. The molecule has 0 fully saturated rings. The Kier molecular flexibility index (Phi) is 3.23. The molecule has 1 aromatic carbocycles. The second-order valence-corrected chi connectivity index (χ2v) is 4.75. The predicted octanol–water partition coefficient (Wildman–Crippen LogP) is 3.79. The smallest absolute Gasteiger partial charge is 0.134 e. The lowest BCUT2D eigenvalue weighted by atomic mass is 10.1. The lowest BCUT2D eigenvalue weighted by molar-refractivity contribution is 0.486. The average molecular weight is 273 g/mol. The normalized spacial score (nSPS) is 12.7. The Morgan fingerprint density at radius 3 is 2.74 bits per heavy atom. The Labute approximate surface area is 116 Å². The first kappa shape index (κ1) is 12.2. The van der Waals surface area contributed by atoms with Gasteiger partial charge in [-0.15, -0.1) is 0 Å². The van der Waals surface area contributed by atoms with E-state index in [1.165, 1.54) is 0 Å². The Bertz CT molecular complexity index is 658. The van der Waals surface area contributed by atoms with Crippen LogP contribution in [0, 0.1) is 0 Å². The van der Waals surface area contributed by atoms with Crippen LogP contribution in [0.3, 0.4) is 0 Å². The Morgan fingerprint density at radius 1 is 1.21 bits per heavy atom. The van der Waals surface area contributed by atoms with Gasteiger partial charge in [0, 0.05) is 11.6 Å². The molecule has 2 heterocycles.